The molecular weight excluding hydrogens is 255 g/mol. The highest BCUT2D eigenvalue weighted by Gasteiger charge is 2.13. The fraction of sp³-hybridized carbons (Fsp3) is 0.273. The third-order valence-electron chi connectivity index (χ3n) is 2.50. The number of H-pyrrole nitrogens is 1. The molecule has 7 heteroatoms. The van der Waals surface area contributed by atoms with Gasteiger partial charge < -0.3 is 5.73 Å². The van der Waals surface area contributed by atoms with Crippen LogP contribution >= 0.6 is 11.8 Å². The SMILES string of the molecule is C[C@@H](N)c1cc(F)ccc1Sc1n[nH]c(=O)n1C. The second-order valence-electron chi connectivity index (χ2n) is 3.94. The van der Waals surface area contributed by atoms with Crippen LogP contribution in [0.5, 0.6) is 0 Å². The highest BCUT2D eigenvalue weighted by Crippen LogP contribution is 2.31. The van der Waals surface area contributed by atoms with Gasteiger partial charge in [-0.25, -0.2) is 14.3 Å². The second-order valence-corrected chi connectivity index (χ2v) is 4.95. The van der Waals surface area contributed by atoms with E-state index >= 15 is 0 Å². The molecule has 5 nitrogen and oxygen atoms in total. The maximum absolute atomic E-state index is 13.2. The van der Waals surface area contributed by atoms with Crippen molar-refractivity contribution in [1.82, 2.24) is 14.8 Å². The van der Waals surface area contributed by atoms with Gasteiger partial charge in [0.25, 0.3) is 0 Å². The molecule has 0 saturated heterocycles. The Hall–Kier alpha value is -1.60. The summed E-state index contributed by atoms with van der Waals surface area (Å²) < 4.78 is 14.6. The summed E-state index contributed by atoms with van der Waals surface area (Å²) in [5.74, 6) is -0.331. The number of hydrogen-bond acceptors (Lipinski definition) is 4. The van der Waals surface area contributed by atoms with Crippen LogP contribution in [0.15, 0.2) is 33.0 Å². The van der Waals surface area contributed by atoms with Crippen LogP contribution in [0.3, 0.4) is 0 Å². The summed E-state index contributed by atoms with van der Waals surface area (Å²) in [5.41, 5.74) is 6.20. The highest BCUT2D eigenvalue weighted by atomic mass is 32.2. The number of aromatic amines is 1. The number of aromatic nitrogens is 3. The van der Waals surface area contributed by atoms with E-state index in [0.717, 1.165) is 4.90 Å². The number of nitrogens with zero attached hydrogens (tertiary/aromatic N) is 2. The molecule has 0 bridgehead atoms. The monoisotopic (exact) mass is 268 g/mol. The lowest BCUT2D eigenvalue weighted by atomic mass is 10.1. The molecule has 0 saturated carbocycles. The number of halogens is 1. The zero-order valence-electron chi connectivity index (χ0n) is 9.98. The van der Waals surface area contributed by atoms with E-state index in [1.165, 1.54) is 28.5 Å². The smallest absolute Gasteiger partial charge is 0.324 e. The van der Waals surface area contributed by atoms with Gasteiger partial charge in [0.2, 0.25) is 0 Å². The number of nitrogens with two attached hydrogens (primary N) is 1. The van der Waals surface area contributed by atoms with Crippen molar-refractivity contribution in [2.75, 3.05) is 0 Å². The van der Waals surface area contributed by atoms with Crippen molar-refractivity contribution >= 4 is 11.8 Å². The molecule has 2 aromatic rings. The average molecular weight is 268 g/mol. The van der Waals surface area contributed by atoms with Gasteiger partial charge in [0, 0.05) is 18.0 Å². The van der Waals surface area contributed by atoms with Gasteiger partial charge in [-0.3, -0.25) is 4.57 Å². The van der Waals surface area contributed by atoms with E-state index in [-0.39, 0.29) is 17.5 Å². The minimum absolute atomic E-state index is 0.290. The molecule has 1 aromatic carbocycles. The highest BCUT2D eigenvalue weighted by molar-refractivity contribution is 7.99. The predicted octanol–water partition coefficient (Wildman–Crippen LogP) is 1.42. The number of benzene rings is 1. The van der Waals surface area contributed by atoms with E-state index in [1.807, 2.05) is 0 Å². The van der Waals surface area contributed by atoms with Crippen molar-refractivity contribution in [1.29, 1.82) is 0 Å². The van der Waals surface area contributed by atoms with Gasteiger partial charge >= 0.3 is 5.69 Å². The number of nitrogens with one attached hydrogen (secondary N) is 1. The Bertz CT molecular complexity index is 620. The first-order valence-electron chi connectivity index (χ1n) is 5.33. The number of hydrogen-bond donors (Lipinski definition) is 2. The first kappa shape index (κ1) is 12.8. The molecule has 3 N–H and O–H groups in total. The normalized spacial score (nSPS) is 12.7. The van der Waals surface area contributed by atoms with Crippen molar-refractivity contribution in [3.05, 3.63) is 40.1 Å². The van der Waals surface area contributed by atoms with Crippen molar-refractivity contribution in [2.24, 2.45) is 12.8 Å². The van der Waals surface area contributed by atoms with Crippen LogP contribution in [-0.2, 0) is 7.05 Å². The van der Waals surface area contributed by atoms with E-state index in [2.05, 4.69) is 10.2 Å². The maximum atomic E-state index is 13.2. The summed E-state index contributed by atoms with van der Waals surface area (Å²) in [6.07, 6.45) is 0. The standard InChI is InChI=1S/C11H13FN4OS/c1-6(13)8-5-7(12)3-4-9(8)18-11-15-14-10(17)16(11)2/h3-6H,13H2,1-2H3,(H,14,17)/t6-/m1/s1. The van der Waals surface area contributed by atoms with Crippen molar-refractivity contribution in [3.8, 4) is 0 Å². The molecular formula is C11H13FN4OS. The lowest BCUT2D eigenvalue weighted by Crippen LogP contribution is -2.13. The first-order valence-corrected chi connectivity index (χ1v) is 6.15. The molecule has 1 heterocycles. The first-order chi connectivity index (χ1) is 8.49. The lowest BCUT2D eigenvalue weighted by molar-refractivity contribution is 0.619. The Kier molecular flexibility index (Phi) is 3.53. The molecule has 0 aliphatic carbocycles. The van der Waals surface area contributed by atoms with Gasteiger partial charge in [-0.05, 0) is 42.4 Å². The van der Waals surface area contributed by atoms with Crippen LogP contribution < -0.4 is 11.4 Å². The average Bonchev–Trinajstić information content (AvgIpc) is 2.63. The predicted molar refractivity (Wildman–Crippen MR) is 67.0 cm³/mol. The largest absolute Gasteiger partial charge is 0.343 e. The van der Waals surface area contributed by atoms with Crippen LogP contribution in [0.2, 0.25) is 0 Å². The minimum Gasteiger partial charge on any atom is -0.324 e. The van der Waals surface area contributed by atoms with Crippen LogP contribution in [0.1, 0.15) is 18.5 Å². The Morgan fingerprint density at radius 3 is 2.83 bits per heavy atom. The van der Waals surface area contributed by atoms with Crippen LogP contribution in [0.4, 0.5) is 4.39 Å². The number of rotatable bonds is 3. The van der Waals surface area contributed by atoms with Crippen LogP contribution in [0, 0.1) is 5.82 Å². The van der Waals surface area contributed by atoms with Gasteiger partial charge in [0.1, 0.15) is 5.82 Å². The Morgan fingerprint density at radius 1 is 1.56 bits per heavy atom. The second kappa shape index (κ2) is 4.95. The molecule has 0 amide bonds. The molecule has 0 fully saturated rings. The summed E-state index contributed by atoms with van der Waals surface area (Å²) in [7, 11) is 1.61. The van der Waals surface area contributed by atoms with E-state index in [9.17, 15) is 9.18 Å². The van der Waals surface area contributed by atoms with Crippen LogP contribution in [0.25, 0.3) is 0 Å². The molecule has 0 aliphatic heterocycles. The molecule has 96 valence electrons. The third kappa shape index (κ3) is 2.46. The Morgan fingerprint density at radius 2 is 2.28 bits per heavy atom. The van der Waals surface area contributed by atoms with E-state index in [1.54, 1.807) is 20.0 Å². The fourth-order valence-corrected chi connectivity index (χ4v) is 2.50. The summed E-state index contributed by atoms with van der Waals surface area (Å²) in [6, 6.07) is 4.10. The van der Waals surface area contributed by atoms with Gasteiger partial charge in [0.05, 0.1) is 0 Å². The molecule has 0 radical (unpaired) electrons. The molecule has 1 atom stereocenters. The van der Waals surface area contributed by atoms with Crippen molar-refractivity contribution in [3.63, 3.8) is 0 Å². The summed E-state index contributed by atoms with van der Waals surface area (Å²) in [6.45, 7) is 1.78. The van der Waals surface area contributed by atoms with Gasteiger partial charge in [-0.15, -0.1) is 5.10 Å². The zero-order chi connectivity index (χ0) is 13.3. The van der Waals surface area contributed by atoms with Gasteiger partial charge in [-0.2, -0.15) is 0 Å². The van der Waals surface area contributed by atoms with E-state index in [4.69, 9.17) is 5.73 Å². The van der Waals surface area contributed by atoms with E-state index < -0.39 is 0 Å². The molecule has 0 spiro atoms. The quantitative estimate of drug-likeness (QED) is 0.882. The molecule has 18 heavy (non-hydrogen) atoms. The summed E-state index contributed by atoms with van der Waals surface area (Å²) in [4.78, 5) is 12.0. The van der Waals surface area contributed by atoms with E-state index in [0.29, 0.717) is 10.7 Å². The fourth-order valence-electron chi connectivity index (χ4n) is 1.49. The Labute approximate surface area is 107 Å². The molecule has 1 aromatic heterocycles. The van der Waals surface area contributed by atoms with Gasteiger partial charge in [-0.1, -0.05) is 0 Å². The lowest BCUT2D eigenvalue weighted by Gasteiger charge is -2.11. The summed E-state index contributed by atoms with van der Waals surface area (Å²) in [5, 5.41) is 6.74. The van der Waals surface area contributed by atoms with Crippen molar-refractivity contribution < 1.29 is 4.39 Å². The molecule has 2 rings (SSSR count). The van der Waals surface area contributed by atoms with Gasteiger partial charge in [0.15, 0.2) is 5.16 Å². The summed E-state index contributed by atoms with van der Waals surface area (Å²) >= 11 is 1.27. The molecule has 0 unspecified atom stereocenters. The van der Waals surface area contributed by atoms with Crippen molar-refractivity contribution in [2.45, 2.75) is 23.0 Å². The third-order valence-corrected chi connectivity index (χ3v) is 3.64. The molecule has 0 aliphatic rings. The van der Waals surface area contributed by atoms with Crippen LogP contribution in [-0.4, -0.2) is 14.8 Å². The maximum Gasteiger partial charge on any atom is 0.343 e. The zero-order valence-corrected chi connectivity index (χ0v) is 10.8. The topological polar surface area (TPSA) is 76.7 Å². The minimum atomic E-state index is -0.331. The Balaban J connectivity index is 2.40.